The number of hydrogen-bond acceptors (Lipinski definition) is 8. The maximum absolute atomic E-state index is 13.9. The molecule has 0 saturated heterocycles. The highest BCUT2D eigenvalue weighted by Crippen LogP contribution is 2.33. The van der Waals surface area contributed by atoms with Gasteiger partial charge in [0.25, 0.3) is 5.91 Å². The Hall–Kier alpha value is -3.19. The minimum atomic E-state index is -4.09. The quantitative estimate of drug-likeness (QED) is 0.279. The number of nitrogens with zero attached hydrogens (tertiary/aromatic N) is 2. The van der Waals surface area contributed by atoms with Gasteiger partial charge >= 0.3 is 0 Å². The molecule has 0 fully saturated rings. The number of fused-ring (bicyclic) bond motifs is 1. The number of hydrazine groups is 1. The first-order valence-electron chi connectivity index (χ1n) is 14.3. The Bertz CT molecular complexity index is 1290. The SMILES string of the molecule is CNCC(=O)NN(C(=O)CC(C)C)[C@@H](Cc1ccccc1)[C@H](O)CN(CC(C)C)S(=O)(=O)c1ccc2c(c1)OCCO2. The van der Waals surface area contributed by atoms with Gasteiger partial charge in [0.15, 0.2) is 11.5 Å². The van der Waals surface area contributed by atoms with E-state index in [9.17, 15) is 23.1 Å². The second kappa shape index (κ2) is 15.3. The molecule has 1 heterocycles. The van der Waals surface area contributed by atoms with Crippen molar-refractivity contribution < 1.29 is 32.6 Å². The van der Waals surface area contributed by atoms with E-state index in [0.29, 0.717) is 24.7 Å². The number of carbonyl (C=O) groups is 2. The molecule has 1 aliphatic heterocycles. The fourth-order valence-electron chi connectivity index (χ4n) is 4.71. The highest BCUT2D eigenvalue weighted by Gasteiger charge is 2.36. The summed E-state index contributed by atoms with van der Waals surface area (Å²) in [6.07, 6.45) is -1.03. The van der Waals surface area contributed by atoms with Gasteiger partial charge in [0.2, 0.25) is 15.9 Å². The molecule has 12 heteroatoms. The van der Waals surface area contributed by atoms with Crippen LogP contribution >= 0.6 is 0 Å². The summed E-state index contributed by atoms with van der Waals surface area (Å²) in [4.78, 5) is 26.2. The fraction of sp³-hybridized carbons (Fsp3) is 0.533. The predicted octanol–water partition coefficient (Wildman–Crippen LogP) is 2.20. The van der Waals surface area contributed by atoms with Crippen molar-refractivity contribution in [2.24, 2.45) is 11.8 Å². The Morgan fingerprint density at radius 2 is 1.62 bits per heavy atom. The van der Waals surface area contributed by atoms with E-state index in [2.05, 4.69) is 10.7 Å². The van der Waals surface area contributed by atoms with E-state index in [1.165, 1.54) is 21.4 Å². The van der Waals surface area contributed by atoms with Gasteiger partial charge in [0.05, 0.1) is 23.6 Å². The zero-order valence-corrected chi connectivity index (χ0v) is 25.9. The lowest BCUT2D eigenvalue weighted by Gasteiger charge is -2.37. The number of amides is 2. The van der Waals surface area contributed by atoms with Crippen LogP contribution in [0, 0.1) is 11.8 Å². The zero-order valence-electron chi connectivity index (χ0n) is 25.1. The molecule has 42 heavy (non-hydrogen) atoms. The third-order valence-electron chi connectivity index (χ3n) is 6.61. The van der Waals surface area contributed by atoms with E-state index in [-0.39, 0.29) is 55.1 Å². The summed E-state index contributed by atoms with van der Waals surface area (Å²) in [6, 6.07) is 12.8. The molecule has 0 aromatic heterocycles. The minimum Gasteiger partial charge on any atom is -0.486 e. The second-order valence-electron chi connectivity index (χ2n) is 11.3. The molecule has 2 aromatic rings. The number of nitrogens with one attached hydrogen (secondary N) is 2. The molecule has 0 spiro atoms. The van der Waals surface area contributed by atoms with Crippen molar-refractivity contribution >= 4 is 21.8 Å². The lowest BCUT2D eigenvalue weighted by Crippen LogP contribution is -2.60. The van der Waals surface area contributed by atoms with Crippen LogP contribution < -0.4 is 20.2 Å². The number of hydrogen-bond donors (Lipinski definition) is 3. The maximum Gasteiger partial charge on any atom is 0.252 e. The first kappa shape index (κ1) is 33.3. The molecule has 2 aromatic carbocycles. The van der Waals surface area contributed by atoms with E-state index in [0.717, 1.165) is 5.56 Å². The molecule has 0 bridgehead atoms. The third-order valence-corrected chi connectivity index (χ3v) is 8.44. The van der Waals surface area contributed by atoms with Crippen LogP contribution in [0.1, 0.15) is 39.7 Å². The van der Waals surface area contributed by atoms with E-state index in [4.69, 9.17) is 9.47 Å². The van der Waals surface area contributed by atoms with Crippen LogP contribution in [0.3, 0.4) is 0 Å². The van der Waals surface area contributed by atoms with Crippen molar-refractivity contribution in [2.75, 3.05) is 39.9 Å². The molecular weight excluding hydrogens is 560 g/mol. The third kappa shape index (κ3) is 9.15. The van der Waals surface area contributed by atoms with Gasteiger partial charge in [-0.15, -0.1) is 0 Å². The van der Waals surface area contributed by atoms with Gasteiger partial charge in [-0.2, -0.15) is 4.31 Å². The molecular formula is C30H44N4O7S. The number of aliphatic hydroxyl groups excluding tert-OH is 1. The van der Waals surface area contributed by atoms with E-state index in [1.54, 1.807) is 13.1 Å². The topological polar surface area (TPSA) is 138 Å². The minimum absolute atomic E-state index is 0.00859. The maximum atomic E-state index is 13.9. The van der Waals surface area contributed by atoms with E-state index < -0.39 is 28.1 Å². The number of sulfonamides is 1. The van der Waals surface area contributed by atoms with Crippen LogP contribution in [0.2, 0.25) is 0 Å². The van der Waals surface area contributed by atoms with Crippen LogP contribution in [-0.4, -0.2) is 86.7 Å². The number of rotatable bonds is 14. The standard InChI is InChI=1S/C30H44N4O7S/c1-21(2)15-30(37)34(32-29(36)18-31-5)25(16-23-9-7-6-8-10-23)26(35)20-33(19-22(3)4)42(38,39)24-11-12-27-28(17-24)41-14-13-40-27/h6-12,17,21-22,25-26,31,35H,13-16,18-20H2,1-5H3,(H,32,36)/t25-,26+/m0/s1. The van der Waals surface area contributed by atoms with Crippen LogP contribution in [0.25, 0.3) is 0 Å². The Kier molecular flexibility index (Phi) is 12.2. The van der Waals surface area contributed by atoms with Gasteiger partial charge in [0, 0.05) is 25.6 Å². The summed E-state index contributed by atoms with van der Waals surface area (Å²) in [6.45, 7) is 8.01. The molecule has 3 rings (SSSR count). The van der Waals surface area contributed by atoms with Crippen molar-refractivity contribution in [2.45, 2.75) is 57.6 Å². The smallest absolute Gasteiger partial charge is 0.252 e. The van der Waals surface area contributed by atoms with Gasteiger partial charge in [-0.1, -0.05) is 58.0 Å². The van der Waals surface area contributed by atoms with Crippen LogP contribution in [-0.2, 0) is 26.0 Å². The summed E-state index contributed by atoms with van der Waals surface area (Å²) < 4.78 is 40.3. The van der Waals surface area contributed by atoms with Crippen molar-refractivity contribution in [1.82, 2.24) is 20.1 Å². The Morgan fingerprint density at radius 1 is 0.952 bits per heavy atom. The summed E-state index contributed by atoms with van der Waals surface area (Å²) in [5.74, 6) is -0.0981. The highest BCUT2D eigenvalue weighted by atomic mass is 32.2. The molecule has 2 atom stereocenters. The molecule has 0 radical (unpaired) electrons. The molecule has 0 aliphatic carbocycles. The van der Waals surface area contributed by atoms with Crippen molar-refractivity contribution in [1.29, 1.82) is 0 Å². The van der Waals surface area contributed by atoms with E-state index >= 15 is 0 Å². The first-order valence-corrected chi connectivity index (χ1v) is 15.7. The zero-order chi connectivity index (χ0) is 30.9. The molecule has 232 valence electrons. The largest absolute Gasteiger partial charge is 0.486 e. The molecule has 11 nitrogen and oxygen atoms in total. The summed E-state index contributed by atoms with van der Waals surface area (Å²) in [5, 5.41) is 15.7. The lowest BCUT2D eigenvalue weighted by molar-refractivity contribution is -0.148. The summed E-state index contributed by atoms with van der Waals surface area (Å²) in [5.41, 5.74) is 3.48. The second-order valence-corrected chi connectivity index (χ2v) is 13.2. The average Bonchev–Trinajstić information content (AvgIpc) is 2.94. The average molecular weight is 605 g/mol. The van der Waals surface area contributed by atoms with Crippen molar-refractivity contribution in [3.8, 4) is 11.5 Å². The summed E-state index contributed by atoms with van der Waals surface area (Å²) >= 11 is 0. The van der Waals surface area contributed by atoms with Crippen LogP contribution in [0.4, 0.5) is 0 Å². The fourth-order valence-corrected chi connectivity index (χ4v) is 6.35. The Labute approximate surface area is 249 Å². The van der Waals surface area contributed by atoms with Crippen LogP contribution in [0.5, 0.6) is 11.5 Å². The number of ether oxygens (including phenoxy) is 2. The highest BCUT2D eigenvalue weighted by molar-refractivity contribution is 7.89. The number of aliphatic hydroxyl groups is 1. The number of carbonyl (C=O) groups excluding carboxylic acids is 2. The number of likely N-dealkylation sites (N-methyl/N-ethyl adjacent to an activating group) is 1. The van der Waals surface area contributed by atoms with Crippen molar-refractivity contribution in [3.63, 3.8) is 0 Å². The Morgan fingerprint density at radius 3 is 2.24 bits per heavy atom. The monoisotopic (exact) mass is 604 g/mol. The predicted molar refractivity (Wildman–Crippen MR) is 159 cm³/mol. The summed E-state index contributed by atoms with van der Waals surface area (Å²) in [7, 11) is -2.48. The van der Waals surface area contributed by atoms with Gasteiger partial charge in [-0.3, -0.25) is 15.0 Å². The van der Waals surface area contributed by atoms with Gasteiger partial charge in [-0.05, 0) is 43.0 Å². The molecule has 2 amide bonds. The van der Waals surface area contributed by atoms with E-state index in [1.807, 2.05) is 58.0 Å². The normalized spacial score (nSPS) is 14.6. The van der Waals surface area contributed by atoms with Crippen LogP contribution in [0.15, 0.2) is 53.4 Å². The molecule has 1 aliphatic rings. The molecule has 3 N–H and O–H groups in total. The molecule has 0 saturated carbocycles. The van der Waals surface area contributed by atoms with Crippen molar-refractivity contribution in [3.05, 3.63) is 54.1 Å². The number of benzene rings is 2. The first-order chi connectivity index (χ1) is 19.9. The van der Waals surface area contributed by atoms with Gasteiger partial charge in [-0.25, -0.2) is 13.4 Å². The van der Waals surface area contributed by atoms with Gasteiger partial charge in [0.1, 0.15) is 13.2 Å². The Balaban J connectivity index is 2.00. The molecule has 0 unspecified atom stereocenters. The van der Waals surface area contributed by atoms with Gasteiger partial charge < -0.3 is 19.9 Å². The lowest BCUT2D eigenvalue weighted by atomic mass is 9.99.